The molecule has 3 unspecified atom stereocenters. The van der Waals surface area contributed by atoms with Crippen molar-refractivity contribution in [2.75, 3.05) is 6.61 Å². The second-order valence-electron chi connectivity index (χ2n) is 10.5. The van der Waals surface area contributed by atoms with E-state index in [4.69, 9.17) is 5.26 Å². The maximum atomic E-state index is 15.2. The first kappa shape index (κ1) is 33.2. The highest BCUT2D eigenvalue weighted by molar-refractivity contribution is 7.96. The number of rotatable bonds is 11. The highest BCUT2D eigenvalue weighted by atomic mass is 32.2. The van der Waals surface area contributed by atoms with Crippen molar-refractivity contribution in [3.63, 3.8) is 0 Å². The summed E-state index contributed by atoms with van der Waals surface area (Å²) in [5, 5.41) is 15.2. The van der Waals surface area contributed by atoms with Crippen molar-refractivity contribution in [3.05, 3.63) is 0 Å². The predicted octanol–water partition coefficient (Wildman–Crippen LogP) is 6.33. The van der Waals surface area contributed by atoms with Gasteiger partial charge in [0.15, 0.2) is 0 Å². The first-order chi connectivity index (χ1) is 17.8. The van der Waals surface area contributed by atoms with Gasteiger partial charge < -0.3 is 9.84 Å². The summed E-state index contributed by atoms with van der Waals surface area (Å²) >= 11 is -2.06. The standard InChI is InChI=1S/C19H18F14O6S/c20-13(40-39-38-36,10(34)37-7-11-2-8-1-9(3-11)5-12(35,4-8)6-11)14(21,22)15(23,24)16(25,26)17(27,28)18(29,30)19(31,32)33/h8-9,35-36H,1-7H2. The normalized spacial score (nSPS) is 31.3. The van der Waals surface area contributed by atoms with Gasteiger partial charge in [0.1, 0.15) is 0 Å². The minimum atomic E-state index is -8.40. The summed E-state index contributed by atoms with van der Waals surface area (Å²) in [6.45, 7) is -1.12. The van der Waals surface area contributed by atoms with Crippen LogP contribution in [0.1, 0.15) is 38.5 Å². The molecule has 2 N–H and O–H groups in total. The molecule has 0 radical (unpaired) electrons. The van der Waals surface area contributed by atoms with Crippen molar-refractivity contribution < 1.29 is 90.7 Å². The highest BCUT2D eigenvalue weighted by Gasteiger charge is 2.94. The first-order valence-corrected chi connectivity index (χ1v) is 11.7. The van der Waals surface area contributed by atoms with Crippen LogP contribution in [0, 0.1) is 17.3 Å². The Kier molecular flexibility index (Phi) is 7.96. The van der Waals surface area contributed by atoms with Crippen LogP contribution in [0.3, 0.4) is 0 Å². The van der Waals surface area contributed by atoms with E-state index in [-0.39, 0.29) is 31.1 Å². The summed E-state index contributed by atoms with van der Waals surface area (Å²) in [7, 11) is 0. The molecule has 4 aliphatic carbocycles. The van der Waals surface area contributed by atoms with Gasteiger partial charge in [0.2, 0.25) is 0 Å². The molecule has 0 aromatic carbocycles. The minimum absolute atomic E-state index is 0.144. The van der Waals surface area contributed by atoms with Crippen molar-refractivity contribution >= 4 is 18.0 Å². The molecule has 0 heterocycles. The first-order valence-electron chi connectivity index (χ1n) is 11.0. The van der Waals surface area contributed by atoms with Gasteiger partial charge in [-0.15, -0.1) is 4.33 Å². The number of carbonyl (C=O) groups excluding carboxylic acids is 1. The van der Waals surface area contributed by atoms with Gasteiger partial charge in [0.25, 0.3) is 0 Å². The number of ether oxygens (including phenoxy) is 1. The van der Waals surface area contributed by atoms with Gasteiger partial charge in [-0.25, -0.2) is 14.4 Å². The van der Waals surface area contributed by atoms with Crippen molar-refractivity contribution in [3.8, 4) is 0 Å². The van der Waals surface area contributed by atoms with E-state index in [2.05, 4.69) is 14.1 Å². The number of esters is 1. The lowest BCUT2D eigenvalue weighted by atomic mass is 9.48. The van der Waals surface area contributed by atoms with Gasteiger partial charge in [-0.05, 0) is 50.4 Å². The smallest absolute Gasteiger partial charge is 0.460 e. The van der Waals surface area contributed by atoms with E-state index in [1.165, 1.54) is 0 Å². The molecule has 21 heteroatoms. The summed E-state index contributed by atoms with van der Waals surface area (Å²) in [5.74, 6) is -44.3. The Morgan fingerprint density at radius 2 is 1.20 bits per heavy atom. The fraction of sp³-hybridized carbons (Fsp3) is 0.947. The zero-order chi connectivity index (χ0) is 31.0. The van der Waals surface area contributed by atoms with E-state index in [0.29, 0.717) is 19.3 Å². The molecule has 0 saturated heterocycles. The molecular formula is C19H18F14O6S. The molecule has 4 rings (SSSR count). The maximum Gasteiger partial charge on any atom is 0.460 e. The second kappa shape index (κ2) is 9.60. The van der Waals surface area contributed by atoms with E-state index in [0.717, 1.165) is 0 Å². The van der Waals surface area contributed by atoms with E-state index >= 15 is 4.39 Å². The maximum absolute atomic E-state index is 15.2. The molecule has 4 aliphatic rings. The number of hydrogen-bond donors (Lipinski definition) is 2. The number of hydrogen-bond acceptors (Lipinski definition) is 7. The van der Waals surface area contributed by atoms with Crippen LogP contribution in [0.4, 0.5) is 61.5 Å². The molecule has 0 aliphatic heterocycles. The van der Waals surface area contributed by atoms with Gasteiger partial charge in [0.05, 0.1) is 24.3 Å². The van der Waals surface area contributed by atoms with E-state index in [1.807, 2.05) is 0 Å². The van der Waals surface area contributed by atoms with Gasteiger partial charge in [0, 0.05) is 5.41 Å². The monoisotopic (exact) mass is 640 g/mol. The van der Waals surface area contributed by atoms with Gasteiger partial charge >= 0.3 is 46.8 Å². The SMILES string of the molecule is O=C(OCC12CC3CC(CC(O)(C3)C1)C2)C(F)(SOOO)C(F)(F)C(F)(F)C(F)(F)C(F)(F)C(F)(F)C(F)(F)F. The molecule has 0 aromatic rings. The molecule has 4 saturated carbocycles. The number of aliphatic hydroxyl groups is 1. The lowest BCUT2D eigenvalue weighted by Crippen LogP contribution is -2.73. The van der Waals surface area contributed by atoms with Crippen LogP contribution >= 0.6 is 12.0 Å². The molecule has 4 fully saturated rings. The van der Waals surface area contributed by atoms with Crippen molar-refractivity contribution in [2.24, 2.45) is 17.3 Å². The van der Waals surface area contributed by atoms with Crippen LogP contribution in [-0.4, -0.2) is 69.3 Å². The Balaban J connectivity index is 1.95. The van der Waals surface area contributed by atoms with Crippen LogP contribution in [-0.2, 0) is 18.9 Å². The molecule has 4 bridgehead atoms. The number of carbonyl (C=O) groups is 1. The van der Waals surface area contributed by atoms with Crippen LogP contribution in [0.25, 0.3) is 0 Å². The summed E-state index contributed by atoms with van der Waals surface area (Å²) in [6.07, 6.45) is -6.39. The average Bonchev–Trinajstić information content (AvgIpc) is 2.77. The third-order valence-corrected chi connectivity index (χ3v) is 8.22. The molecule has 234 valence electrons. The Morgan fingerprint density at radius 3 is 1.62 bits per heavy atom. The number of alkyl halides is 14. The second-order valence-corrected chi connectivity index (χ2v) is 11.3. The summed E-state index contributed by atoms with van der Waals surface area (Å²) < 4.78 is 198. The van der Waals surface area contributed by atoms with Crippen molar-refractivity contribution in [1.82, 2.24) is 0 Å². The summed E-state index contributed by atoms with van der Waals surface area (Å²) in [4.78, 5) is 12.3. The highest BCUT2D eigenvalue weighted by Crippen LogP contribution is 2.65. The molecular weight excluding hydrogens is 622 g/mol. The van der Waals surface area contributed by atoms with Crippen molar-refractivity contribution in [1.29, 1.82) is 0 Å². The Bertz CT molecular complexity index is 977. The summed E-state index contributed by atoms with van der Waals surface area (Å²) in [6, 6.07) is 0. The van der Waals surface area contributed by atoms with E-state index < -0.39 is 76.4 Å². The van der Waals surface area contributed by atoms with Crippen LogP contribution in [0.5, 0.6) is 0 Å². The third-order valence-electron chi connectivity index (χ3n) is 7.44. The topological polar surface area (TPSA) is 85.2 Å². The Labute approximate surface area is 218 Å². The summed E-state index contributed by atoms with van der Waals surface area (Å²) in [5.41, 5.74) is -2.57. The van der Waals surface area contributed by atoms with Crippen LogP contribution in [0.15, 0.2) is 0 Å². The van der Waals surface area contributed by atoms with E-state index in [1.54, 1.807) is 0 Å². The zero-order valence-electron chi connectivity index (χ0n) is 19.3. The van der Waals surface area contributed by atoms with Crippen molar-refractivity contribution in [2.45, 2.75) is 84.9 Å². The van der Waals surface area contributed by atoms with Gasteiger partial charge in [-0.2, -0.15) is 57.1 Å². The van der Waals surface area contributed by atoms with E-state index in [9.17, 15) is 67.0 Å². The molecule has 0 aromatic heterocycles. The zero-order valence-corrected chi connectivity index (χ0v) is 20.1. The molecule has 3 atom stereocenters. The average molecular weight is 640 g/mol. The fourth-order valence-electron chi connectivity index (χ4n) is 6.13. The predicted molar refractivity (Wildman–Crippen MR) is 100 cm³/mol. The quantitative estimate of drug-likeness (QED) is 0.0898. The molecule has 0 amide bonds. The fourth-order valence-corrected chi connectivity index (χ4v) is 6.61. The third kappa shape index (κ3) is 4.70. The van der Waals surface area contributed by atoms with Gasteiger partial charge in [-0.1, -0.05) is 5.04 Å². The molecule has 6 nitrogen and oxygen atoms in total. The lowest BCUT2D eigenvalue weighted by Gasteiger charge is -2.59. The minimum Gasteiger partial charge on any atom is -0.462 e. The van der Waals surface area contributed by atoms with Gasteiger partial charge in [-0.3, -0.25) is 0 Å². The molecule has 0 spiro atoms. The van der Waals surface area contributed by atoms with Crippen LogP contribution < -0.4 is 0 Å². The molecule has 40 heavy (non-hydrogen) atoms. The Hall–Kier alpha value is -1.32. The largest absolute Gasteiger partial charge is 0.462 e. The number of halogens is 14. The van der Waals surface area contributed by atoms with Crippen LogP contribution in [0.2, 0.25) is 0 Å². The Morgan fingerprint density at radius 1 is 0.750 bits per heavy atom. The lowest BCUT2D eigenvalue weighted by molar-refractivity contribution is -0.446.